The van der Waals surface area contributed by atoms with E-state index in [1.807, 2.05) is 32.9 Å². The summed E-state index contributed by atoms with van der Waals surface area (Å²) in [7, 11) is 0. The van der Waals surface area contributed by atoms with E-state index >= 15 is 0 Å². The van der Waals surface area contributed by atoms with Gasteiger partial charge >= 0.3 is 0 Å². The molecule has 0 aliphatic carbocycles. The maximum atomic E-state index is 11.8. The summed E-state index contributed by atoms with van der Waals surface area (Å²) in [4.78, 5) is 23.2. The lowest BCUT2D eigenvalue weighted by molar-refractivity contribution is -0.120. The first-order valence-electron chi connectivity index (χ1n) is 6.86. The second-order valence-electron chi connectivity index (χ2n) is 5.09. The first-order valence-corrected chi connectivity index (χ1v) is 6.86. The number of amides is 2. The first-order chi connectivity index (χ1) is 9.43. The Kier molecular flexibility index (Phi) is 6.18. The molecule has 1 aromatic carbocycles. The predicted molar refractivity (Wildman–Crippen MR) is 80.3 cm³/mol. The molecule has 5 heteroatoms. The zero-order valence-electron chi connectivity index (χ0n) is 12.3. The fourth-order valence-corrected chi connectivity index (χ4v) is 1.68. The molecule has 1 atom stereocenters. The summed E-state index contributed by atoms with van der Waals surface area (Å²) in [6, 6.07) is 6.68. The normalized spacial score (nSPS) is 12.1. The van der Waals surface area contributed by atoms with Crippen LogP contribution < -0.4 is 16.4 Å². The van der Waals surface area contributed by atoms with Gasteiger partial charge in [-0.05, 0) is 30.5 Å². The number of carbonyl (C=O) groups excluding carboxylic acids is 2. The van der Waals surface area contributed by atoms with E-state index in [4.69, 9.17) is 5.73 Å². The number of nitrogens with two attached hydrogens (primary N) is 1. The van der Waals surface area contributed by atoms with Gasteiger partial charge in [-0.2, -0.15) is 0 Å². The highest BCUT2D eigenvalue weighted by Gasteiger charge is 2.17. The van der Waals surface area contributed by atoms with Crippen molar-refractivity contribution in [3.8, 4) is 0 Å². The van der Waals surface area contributed by atoms with Crippen molar-refractivity contribution < 1.29 is 9.59 Å². The number of hydrogen-bond acceptors (Lipinski definition) is 3. The third kappa shape index (κ3) is 5.01. The minimum absolute atomic E-state index is 0.00823. The molecule has 0 saturated carbocycles. The van der Waals surface area contributed by atoms with Gasteiger partial charge in [0.25, 0.3) is 0 Å². The summed E-state index contributed by atoms with van der Waals surface area (Å²) in [6.07, 6.45) is 0.341. The van der Waals surface area contributed by atoms with Gasteiger partial charge in [0.15, 0.2) is 0 Å². The van der Waals surface area contributed by atoms with Crippen LogP contribution in [0.2, 0.25) is 0 Å². The molecule has 2 amide bonds. The van der Waals surface area contributed by atoms with Crippen molar-refractivity contribution in [2.45, 2.75) is 33.2 Å². The van der Waals surface area contributed by atoms with Gasteiger partial charge in [0.2, 0.25) is 11.8 Å². The third-order valence-electron chi connectivity index (χ3n) is 2.98. The van der Waals surface area contributed by atoms with E-state index in [2.05, 4.69) is 10.6 Å². The van der Waals surface area contributed by atoms with E-state index in [1.165, 1.54) is 0 Å². The van der Waals surface area contributed by atoms with Crippen molar-refractivity contribution in [2.24, 2.45) is 11.7 Å². The molecule has 0 heterocycles. The Morgan fingerprint density at radius 1 is 1.20 bits per heavy atom. The molecule has 0 radical (unpaired) electrons. The van der Waals surface area contributed by atoms with Crippen LogP contribution in [0.5, 0.6) is 0 Å². The minimum atomic E-state index is -0.523. The van der Waals surface area contributed by atoms with Gasteiger partial charge in [0.1, 0.15) is 0 Å². The minimum Gasteiger partial charge on any atom is -0.356 e. The topological polar surface area (TPSA) is 84.2 Å². The highest BCUT2D eigenvalue weighted by Crippen LogP contribution is 2.11. The number of anilines is 1. The molecular weight excluding hydrogens is 254 g/mol. The van der Waals surface area contributed by atoms with Crippen LogP contribution in [0, 0.1) is 5.92 Å². The summed E-state index contributed by atoms with van der Waals surface area (Å²) in [5, 5.41) is 5.51. The summed E-state index contributed by atoms with van der Waals surface area (Å²) >= 11 is 0. The summed E-state index contributed by atoms with van der Waals surface area (Å²) in [5.74, 6) is -0.116. The van der Waals surface area contributed by atoms with Gasteiger partial charge in [-0.15, -0.1) is 0 Å². The van der Waals surface area contributed by atoms with Crippen LogP contribution in [0.3, 0.4) is 0 Å². The molecule has 1 unspecified atom stereocenters. The van der Waals surface area contributed by atoms with Gasteiger partial charge in [0, 0.05) is 12.2 Å². The van der Waals surface area contributed by atoms with Crippen LogP contribution in [0.1, 0.15) is 26.3 Å². The molecule has 4 N–H and O–H groups in total. The number of benzene rings is 1. The Bertz CT molecular complexity index is 455. The van der Waals surface area contributed by atoms with E-state index in [-0.39, 0.29) is 17.7 Å². The zero-order chi connectivity index (χ0) is 15.1. The fraction of sp³-hybridized carbons (Fsp3) is 0.467. The van der Waals surface area contributed by atoms with Crippen LogP contribution >= 0.6 is 0 Å². The largest absolute Gasteiger partial charge is 0.356 e. The molecule has 0 aromatic heterocycles. The number of rotatable bonds is 6. The molecule has 1 aromatic rings. The van der Waals surface area contributed by atoms with E-state index in [0.29, 0.717) is 18.7 Å². The lowest BCUT2D eigenvalue weighted by Crippen LogP contribution is -2.39. The Balaban J connectivity index is 2.58. The second kappa shape index (κ2) is 7.65. The van der Waals surface area contributed by atoms with Crippen LogP contribution in [-0.2, 0) is 16.0 Å². The molecule has 5 nitrogen and oxygen atoms in total. The van der Waals surface area contributed by atoms with E-state index in [0.717, 1.165) is 5.56 Å². The number of hydrogen-bond donors (Lipinski definition) is 3. The highest BCUT2D eigenvalue weighted by atomic mass is 16.2. The van der Waals surface area contributed by atoms with Gasteiger partial charge in [-0.25, -0.2) is 0 Å². The molecule has 0 fully saturated rings. The average molecular weight is 277 g/mol. The maximum Gasteiger partial charge on any atom is 0.241 e. The molecule has 20 heavy (non-hydrogen) atoms. The van der Waals surface area contributed by atoms with E-state index in [1.54, 1.807) is 12.1 Å². The quantitative estimate of drug-likeness (QED) is 0.732. The van der Waals surface area contributed by atoms with Gasteiger partial charge < -0.3 is 16.4 Å². The summed E-state index contributed by atoms with van der Waals surface area (Å²) in [6.45, 7) is 6.31. The van der Waals surface area contributed by atoms with Crippen molar-refractivity contribution in [3.05, 3.63) is 29.8 Å². The third-order valence-corrected chi connectivity index (χ3v) is 2.98. The number of nitrogens with one attached hydrogen (secondary N) is 2. The molecule has 0 aliphatic heterocycles. The molecule has 110 valence electrons. The van der Waals surface area contributed by atoms with Crippen LogP contribution in [0.15, 0.2) is 24.3 Å². The monoisotopic (exact) mass is 277 g/mol. The molecule has 0 spiro atoms. The summed E-state index contributed by atoms with van der Waals surface area (Å²) < 4.78 is 0. The van der Waals surface area contributed by atoms with Crippen LogP contribution in [-0.4, -0.2) is 24.4 Å². The molecule has 0 saturated heterocycles. The lowest BCUT2D eigenvalue weighted by atomic mass is 10.0. The number of carbonyl (C=O) groups is 2. The molecule has 0 bridgehead atoms. The van der Waals surface area contributed by atoms with Crippen molar-refractivity contribution >= 4 is 17.5 Å². The SMILES string of the molecule is CCNC(=O)Cc1ccc(NC(=O)C(N)C(C)C)cc1. The Labute approximate surface area is 119 Å². The molecular formula is C15H23N3O2. The summed E-state index contributed by atoms with van der Waals surface area (Å²) in [5.41, 5.74) is 7.36. The first kappa shape index (κ1) is 16.2. The van der Waals surface area contributed by atoms with Crippen LogP contribution in [0.25, 0.3) is 0 Å². The van der Waals surface area contributed by atoms with Gasteiger partial charge in [0.05, 0.1) is 12.5 Å². The Morgan fingerprint density at radius 3 is 2.30 bits per heavy atom. The van der Waals surface area contributed by atoms with Crippen molar-refractivity contribution in [3.63, 3.8) is 0 Å². The van der Waals surface area contributed by atoms with Crippen molar-refractivity contribution in [1.29, 1.82) is 0 Å². The smallest absolute Gasteiger partial charge is 0.241 e. The maximum absolute atomic E-state index is 11.8. The zero-order valence-corrected chi connectivity index (χ0v) is 12.3. The second-order valence-corrected chi connectivity index (χ2v) is 5.09. The van der Waals surface area contributed by atoms with Crippen molar-refractivity contribution in [1.82, 2.24) is 5.32 Å². The van der Waals surface area contributed by atoms with E-state index in [9.17, 15) is 9.59 Å². The molecule has 0 aliphatic rings. The standard InChI is InChI=1S/C15H23N3O2/c1-4-17-13(19)9-11-5-7-12(8-6-11)18-15(20)14(16)10(2)3/h5-8,10,14H,4,9,16H2,1-3H3,(H,17,19)(H,18,20). The van der Waals surface area contributed by atoms with Gasteiger partial charge in [-0.1, -0.05) is 26.0 Å². The number of likely N-dealkylation sites (N-methyl/N-ethyl adjacent to an activating group) is 1. The Hall–Kier alpha value is -1.88. The van der Waals surface area contributed by atoms with Gasteiger partial charge in [-0.3, -0.25) is 9.59 Å². The molecule has 1 rings (SSSR count). The fourth-order valence-electron chi connectivity index (χ4n) is 1.68. The highest BCUT2D eigenvalue weighted by molar-refractivity contribution is 5.94. The van der Waals surface area contributed by atoms with Crippen LogP contribution in [0.4, 0.5) is 5.69 Å². The van der Waals surface area contributed by atoms with E-state index < -0.39 is 6.04 Å². The Morgan fingerprint density at radius 2 is 1.80 bits per heavy atom. The average Bonchev–Trinajstić information content (AvgIpc) is 2.40. The lowest BCUT2D eigenvalue weighted by Gasteiger charge is -2.15. The predicted octanol–water partition coefficient (Wildman–Crippen LogP) is 1.29. The van der Waals surface area contributed by atoms with Crippen molar-refractivity contribution in [2.75, 3.05) is 11.9 Å².